The third-order valence-electron chi connectivity index (χ3n) is 5.74. The Morgan fingerprint density at radius 3 is 2.72 bits per heavy atom. The topological polar surface area (TPSA) is 27.7 Å². The van der Waals surface area contributed by atoms with Crippen molar-refractivity contribution in [2.24, 2.45) is 0 Å². The maximum absolute atomic E-state index is 5.78. The monoisotopic (exact) mass is 361 g/mol. The number of hydrogen-bond donors (Lipinski definition) is 1. The van der Waals surface area contributed by atoms with Gasteiger partial charge in [0.2, 0.25) is 0 Å². The van der Waals surface area contributed by atoms with Crippen molar-refractivity contribution in [1.82, 2.24) is 9.80 Å². The zero-order valence-corrected chi connectivity index (χ0v) is 16.6. The molecule has 2 saturated heterocycles. The van der Waals surface area contributed by atoms with Gasteiger partial charge in [0.15, 0.2) is 5.11 Å². The first-order valence-corrected chi connectivity index (χ1v) is 9.89. The number of ether oxygens (including phenoxy) is 1. The van der Waals surface area contributed by atoms with Crippen molar-refractivity contribution >= 4 is 23.0 Å². The summed E-state index contributed by atoms with van der Waals surface area (Å²) in [5.74, 6) is 0. The molecule has 0 spiro atoms. The highest BCUT2D eigenvalue weighted by Crippen LogP contribution is 2.22. The van der Waals surface area contributed by atoms with E-state index in [4.69, 9.17) is 17.0 Å². The van der Waals surface area contributed by atoms with Crippen LogP contribution in [0, 0.1) is 13.8 Å². The first kappa shape index (κ1) is 18.6. The Kier molecular flexibility index (Phi) is 6.31. The molecule has 3 rings (SSSR count). The molecule has 2 heterocycles. The molecular formula is C20H31N3OS. The molecule has 1 aromatic carbocycles. The molecular weight excluding hydrogens is 330 g/mol. The molecule has 1 atom stereocenters. The molecule has 2 aliphatic heterocycles. The van der Waals surface area contributed by atoms with Crippen LogP contribution in [-0.4, -0.2) is 60.3 Å². The SMILES string of the molecule is Cc1cccc(NC(=S)N2CCC(N(C)C[C@@H]3CCCO3)CC2)c1C. The molecule has 2 fully saturated rings. The van der Waals surface area contributed by atoms with E-state index < -0.39 is 0 Å². The summed E-state index contributed by atoms with van der Waals surface area (Å²) >= 11 is 5.66. The van der Waals surface area contributed by atoms with E-state index in [0.717, 1.165) is 49.9 Å². The number of nitrogens with one attached hydrogen (secondary N) is 1. The summed E-state index contributed by atoms with van der Waals surface area (Å²) in [5, 5.41) is 4.30. The van der Waals surface area contributed by atoms with E-state index in [0.29, 0.717) is 12.1 Å². The lowest BCUT2D eigenvalue weighted by Gasteiger charge is -2.38. The number of piperidine rings is 1. The number of thiocarbonyl (C=S) groups is 1. The zero-order chi connectivity index (χ0) is 17.8. The molecule has 138 valence electrons. The molecule has 1 aromatic rings. The van der Waals surface area contributed by atoms with Crippen LogP contribution in [0.4, 0.5) is 5.69 Å². The van der Waals surface area contributed by atoms with Crippen LogP contribution in [0.1, 0.15) is 36.8 Å². The van der Waals surface area contributed by atoms with Crippen molar-refractivity contribution in [3.05, 3.63) is 29.3 Å². The van der Waals surface area contributed by atoms with Gasteiger partial charge in [-0.3, -0.25) is 0 Å². The predicted molar refractivity (Wildman–Crippen MR) is 108 cm³/mol. The van der Waals surface area contributed by atoms with Crippen molar-refractivity contribution < 1.29 is 4.74 Å². The number of likely N-dealkylation sites (tertiary alicyclic amines) is 1. The highest BCUT2D eigenvalue weighted by atomic mass is 32.1. The third-order valence-corrected chi connectivity index (χ3v) is 6.10. The van der Waals surface area contributed by atoms with Gasteiger partial charge in [-0.2, -0.15) is 0 Å². The van der Waals surface area contributed by atoms with E-state index in [9.17, 15) is 0 Å². The molecule has 2 aliphatic rings. The van der Waals surface area contributed by atoms with Crippen molar-refractivity contribution in [2.75, 3.05) is 38.6 Å². The van der Waals surface area contributed by atoms with E-state index >= 15 is 0 Å². The number of hydrogen-bond acceptors (Lipinski definition) is 3. The number of benzene rings is 1. The van der Waals surface area contributed by atoms with Crippen LogP contribution >= 0.6 is 12.2 Å². The van der Waals surface area contributed by atoms with E-state index in [-0.39, 0.29) is 0 Å². The molecule has 25 heavy (non-hydrogen) atoms. The third kappa shape index (κ3) is 4.72. The molecule has 0 radical (unpaired) electrons. The van der Waals surface area contributed by atoms with Gasteiger partial charge in [0.05, 0.1) is 6.10 Å². The summed E-state index contributed by atoms with van der Waals surface area (Å²) in [6.07, 6.45) is 5.20. The largest absolute Gasteiger partial charge is 0.377 e. The summed E-state index contributed by atoms with van der Waals surface area (Å²) in [7, 11) is 2.24. The van der Waals surface area contributed by atoms with Gasteiger partial charge >= 0.3 is 0 Å². The van der Waals surface area contributed by atoms with Crippen LogP contribution in [0.15, 0.2) is 18.2 Å². The second kappa shape index (κ2) is 8.47. The van der Waals surface area contributed by atoms with Crippen molar-refractivity contribution in [2.45, 2.75) is 51.7 Å². The predicted octanol–water partition coefficient (Wildman–Crippen LogP) is 3.58. The lowest BCUT2D eigenvalue weighted by Crippen LogP contribution is -2.48. The molecule has 0 saturated carbocycles. The van der Waals surface area contributed by atoms with Gasteiger partial charge in [-0.05, 0) is 76.0 Å². The van der Waals surface area contributed by atoms with Crippen LogP contribution in [-0.2, 0) is 4.74 Å². The van der Waals surface area contributed by atoms with Gasteiger partial charge in [0, 0.05) is 38.0 Å². The van der Waals surface area contributed by atoms with Crippen molar-refractivity contribution in [3.8, 4) is 0 Å². The lowest BCUT2D eigenvalue weighted by molar-refractivity contribution is 0.0576. The fourth-order valence-electron chi connectivity index (χ4n) is 3.85. The summed E-state index contributed by atoms with van der Waals surface area (Å²) in [5.41, 5.74) is 3.70. The van der Waals surface area contributed by atoms with Crippen LogP contribution < -0.4 is 5.32 Å². The number of rotatable bonds is 4. The summed E-state index contributed by atoms with van der Waals surface area (Å²) in [6.45, 7) is 8.34. The first-order valence-electron chi connectivity index (χ1n) is 9.48. The van der Waals surface area contributed by atoms with E-state index in [1.807, 2.05) is 0 Å². The van der Waals surface area contributed by atoms with Gasteiger partial charge in [-0.25, -0.2) is 0 Å². The Labute approximate surface area is 157 Å². The minimum absolute atomic E-state index is 0.440. The number of anilines is 1. The minimum atomic E-state index is 0.440. The first-order chi connectivity index (χ1) is 12.0. The minimum Gasteiger partial charge on any atom is -0.377 e. The fourth-order valence-corrected chi connectivity index (χ4v) is 4.14. The maximum Gasteiger partial charge on any atom is 0.173 e. The van der Waals surface area contributed by atoms with Gasteiger partial charge in [0.1, 0.15) is 0 Å². The molecule has 0 amide bonds. The zero-order valence-electron chi connectivity index (χ0n) is 15.8. The average molecular weight is 362 g/mol. The van der Waals surface area contributed by atoms with Gasteiger partial charge in [-0.1, -0.05) is 12.1 Å². The van der Waals surface area contributed by atoms with Crippen molar-refractivity contribution in [1.29, 1.82) is 0 Å². The highest BCUT2D eigenvalue weighted by Gasteiger charge is 2.26. The Balaban J connectivity index is 1.48. The molecule has 0 aliphatic carbocycles. The normalized spacial score (nSPS) is 21.8. The molecule has 5 heteroatoms. The average Bonchev–Trinajstić information content (AvgIpc) is 3.12. The van der Waals surface area contributed by atoms with Crippen LogP contribution in [0.5, 0.6) is 0 Å². The standard InChI is InChI=1S/C20H31N3OS/c1-15-6-4-8-19(16(15)2)21-20(25)23-11-9-17(10-12-23)22(3)14-18-7-5-13-24-18/h4,6,8,17-18H,5,7,9-14H2,1-3H3,(H,21,25)/t18-/m0/s1. The number of likely N-dealkylation sites (N-methyl/N-ethyl adjacent to an activating group) is 1. The molecule has 1 N–H and O–H groups in total. The summed E-state index contributed by atoms with van der Waals surface area (Å²) in [4.78, 5) is 4.81. The van der Waals surface area contributed by atoms with E-state index in [1.54, 1.807) is 0 Å². The molecule has 4 nitrogen and oxygen atoms in total. The quantitative estimate of drug-likeness (QED) is 0.828. The Hall–Kier alpha value is -1.17. The number of aryl methyl sites for hydroxylation is 1. The maximum atomic E-state index is 5.78. The van der Waals surface area contributed by atoms with Gasteiger partial charge in [0.25, 0.3) is 0 Å². The molecule has 0 aromatic heterocycles. The molecule has 0 bridgehead atoms. The Bertz CT molecular complexity index is 593. The van der Waals surface area contributed by atoms with E-state index in [1.165, 1.54) is 24.0 Å². The number of nitrogens with zero attached hydrogens (tertiary/aromatic N) is 2. The van der Waals surface area contributed by atoms with Gasteiger partial charge < -0.3 is 19.9 Å². The highest BCUT2D eigenvalue weighted by molar-refractivity contribution is 7.80. The lowest BCUT2D eigenvalue weighted by atomic mass is 10.0. The van der Waals surface area contributed by atoms with Gasteiger partial charge in [-0.15, -0.1) is 0 Å². The second-order valence-electron chi connectivity index (χ2n) is 7.47. The van der Waals surface area contributed by atoms with Crippen LogP contribution in [0.3, 0.4) is 0 Å². The smallest absolute Gasteiger partial charge is 0.173 e. The van der Waals surface area contributed by atoms with Crippen LogP contribution in [0.2, 0.25) is 0 Å². The Morgan fingerprint density at radius 1 is 1.28 bits per heavy atom. The molecule has 0 unspecified atom stereocenters. The van der Waals surface area contributed by atoms with E-state index in [2.05, 4.69) is 54.2 Å². The van der Waals surface area contributed by atoms with Crippen molar-refractivity contribution in [3.63, 3.8) is 0 Å². The summed E-state index contributed by atoms with van der Waals surface area (Å²) < 4.78 is 5.78. The fraction of sp³-hybridized carbons (Fsp3) is 0.650. The second-order valence-corrected chi connectivity index (χ2v) is 7.86. The Morgan fingerprint density at radius 2 is 2.04 bits per heavy atom. The summed E-state index contributed by atoms with van der Waals surface area (Å²) in [6, 6.07) is 6.97. The van der Waals surface area contributed by atoms with Crippen LogP contribution in [0.25, 0.3) is 0 Å².